The van der Waals surface area contributed by atoms with Crippen LogP contribution in [-0.4, -0.2) is 24.5 Å². The van der Waals surface area contributed by atoms with Gasteiger partial charge < -0.3 is 8.98 Å². The molecule has 4 heterocycles. The number of benzene rings is 7. The minimum atomic E-state index is -0.0487. The molecule has 0 saturated carbocycles. The molecule has 0 spiro atoms. The smallest absolute Gasteiger partial charge is 0.148 e. The van der Waals surface area contributed by atoms with Gasteiger partial charge in [-0.1, -0.05) is 147 Å². The Morgan fingerprint density at radius 2 is 1.32 bits per heavy atom. The number of aromatic nitrogens is 5. The molecule has 11 rings (SSSR count). The van der Waals surface area contributed by atoms with Crippen LogP contribution in [0.1, 0.15) is 103 Å². The Balaban J connectivity index is 0.000000289. The van der Waals surface area contributed by atoms with Crippen LogP contribution >= 0.6 is 11.3 Å². The summed E-state index contributed by atoms with van der Waals surface area (Å²) in [5.41, 5.74) is 13.6. The monoisotopic (exact) mass is 1090 g/mol. The first kappa shape index (κ1) is 46.8. The fraction of sp³-hybridized carbons (Fsp3) is 0.233. The second-order valence-electron chi connectivity index (χ2n) is 20.2. The third-order valence-electron chi connectivity index (χ3n) is 12.5. The quantitative estimate of drug-likeness (QED) is 0.155. The van der Waals surface area contributed by atoms with Gasteiger partial charge in [-0.05, 0) is 69.8 Å². The van der Waals surface area contributed by atoms with Crippen LogP contribution in [0.2, 0.25) is 0 Å². The number of rotatable bonds is 6. The van der Waals surface area contributed by atoms with Crippen molar-refractivity contribution in [3.63, 3.8) is 0 Å². The number of hydrogen-bond acceptors (Lipinski definition) is 6. The summed E-state index contributed by atoms with van der Waals surface area (Å²) in [6.07, 6.45) is 1.81. The van der Waals surface area contributed by atoms with Gasteiger partial charge in [0.25, 0.3) is 0 Å². The molecule has 4 aromatic heterocycles. The van der Waals surface area contributed by atoms with Gasteiger partial charge >= 0.3 is 0 Å². The Hall–Kier alpha value is -6.31. The molecule has 0 bridgehead atoms. The van der Waals surface area contributed by atoms with Crippen LogP contribution in [-0.2, 0) is 30.9 Å². The van der Waals surface area contributed by atoms with Crippen LogP contribution in [0.5, 0.6) is 0 Å². The molecule has 7 aromatic carbocycles. The van der Waals surface area contributed by atoms with E-state index in [1.165, 1.54) is 38.7 Å². The van der Waals surface area contributed by atoms with Crippen molar-refractivity contribution in [2.24, 2.45) is 0 Å². The van der Waals surface area contributed by atoms with E-state index in [-0.39, 0.29) is 42.8 Å². The molecule has 0 aliphatic rings. The molecule has 0 amide bonds. The molecule has 68 heavy (non-hydrogen) atoms. The third-order valence-corrected chi connectivity index (χ3v) is 13.9. The van der Waals surface area contributed by atoms with Gasteiger partial charge in [0.15, 0.2) is 0 Å². The van der Waals surface area contributed by atoms with Crippen molar-refractivity contribution >= 4 is 65.3 Å². The summed E-state index contributed by atoms with van der Waals surface area (Å²) in [6.45, 7) is 22.3. The van der Waals surface area contributed by atoms with Crippen molar-refractivity contribution in [2.75, 3.05) is 0 Å². The van der Waals surface area contributed by atoms with E-state index in [0.717, 1.165) is 76.7 Å². The summed E-state index contributed by atoms with van der Waals surface area (Å²) in [7, 11) is 0. The van der Waals surface area contributed by atoms with E-state index in [1.54, 1.807) is 11.3 Å². The second kappa shape index (κ2) is 18.3. The summed E-state index contributed by atoms with van der Waals surface area (Å²) in [6, 6.07) is 53.5. The summed E-state index contributed by atoms with van der Waals surface area (Å²) < 4.78 is 10.5. The van der Waals surface area contributed by atoms with Crippen LogP contribution in [0.4, 0.5) is 0 Å². The van der Waals surface area contributed by atoms with E-state index >= 15 is 0 Å². The minimum Gasteiger partial charge on any atom is -0.498 e. The van der Waals surface area contributed by atoms with E-state index < -0.39 is 0 Å². The molecule has 343 valence electrons. The number of thiazole rings is 1. The van der Waals surface area contributed by atoms with Crippen LogP contribution < -0.4 is 0 Å². The van der Waals surface area contributed by atoms with E-state index in [9.17, 15) is 0 Å². The molecule has 0 aliphatic carbocycles. The van der Waals surface area contributed by atoms with Gasteiger partial charge in [0, 0.05) is 59.3 Å². The third kappa shape index (κ3) is 8.59. The largest absolute Gasteiger partial charge is 0.498 e. The zero-order valence-corrected chi connectivity index (χ0v) is 43.5. The molecule has 0 aliphatic heterocycles. The van der Waals surface area contributed by atoms with Crippen molar-refractivity contribution in [3.05, 3.63) is 174 Å². The average molecular weight is 1090 g/mol. The Morgan fingerprint density at radius 3 is 2.01 bits per heavy atom. The van der Waals surface area contributed by atoms with E-state index in [4.69, 9.17) is 14.4 Å². The molecular formula is C60H55IrN5OS-2. The molecule has 6 nitrogen and oxygen atoms in total. The number of furan rings is 1. The maximum Gasteiger partial charge on any atom is 0.148 e. The van der Waals surface area contributed by atoms with Gasteiger partial charge in [0.2, 0.25) is 0 Å². The molecule has 8 heteroatoms. The molecule has 0 atom stereocenters. The van der Waals surface area contributed by atoms with Crippen molar-refractivity contribution in [1.29, 1.82) is 0 Å². The Kier molecular flexibility index (Phi) is 12.6. The first-order valence-corrected chi connectivity index (χ1v) is 24.1. The van der Waals surface area contributed by atoms with Crippen LogP contribution in [0.25, 0.3) is 93.6 Å². The Labute approximate surface area is 416 Å². The summed E-state index contributed by atoms with van der Waals surface area (Å²) in [5.74, 6) is 2.07. The topological polar surface area (TPSA) is 69.6 Å². The number of fused-ring (bicyclic) bond motifs is 8. The predicted molar refractivity (Wildman–Crippen MR) is 281 cm³/mol. The molecule has 1 radical (unpaired) electrons. The maximum atomic E-state index is 6.94. The van der Waals surface area contributed by atoms with Crippen molar-refractivity contribution in [2.45, 2.75) is 91.9 Å². The fourth-order valence-corrected chi connectivity index (χ4v) is 9.98. The van der Waals surface area contributed by atoms with Gasteiger partial charge in [-0.25, -0.2) is 4.98 Å². The van der Waals surface area contributed by atoms with Gasteiger partial charge in [-0.2, -0.15) is 0 Å². The zero-order valence-electron chi connectivity index (χ0n) is 40.3. The van der Waals surface area contributed by atoms with Crippen molar-refractivity contribution in [3.8, 4) is 39.6 Å². The number of imidazole rings is 1. The normalized spacial score (nSPS) is 12.1. The van der Waals surface area contributed by atoms with Crippen molar-refractivity contribution < 1.29 is 24.5 Å². The molecular weight excluding hydrogens is 1030 g/mol. The molecule has 0 saturated heterocycles. The van der Waals surface area contributed by atoms with Gasteiger partial charge in [0.1, 0.15) is 11.1 Å². The molecule has 0 unspecified atom stereocenters. The van der Waals surface area contributed by atoms with Crippen LogP contribution in [0.15, 0.2) is 144 Å². The van der Waals surface area contributed by atoms with Gasteiger partial charge in [-0.15, -0.1) is 65.4 Å². The van der Waals surface area contributed by atoms with E-state index in [0.29, 0.717) is 0 Å². The second-order valence-corrected chi connectivity index (χ2v) is 21.2. The fourth-order valence-electron chi connectivity index (χ4n) is 8.96. The van der Waals surface area contributed by atoms with E-state index in [1.807, 2.05) is 42.6 Å². The van der Waals surface area contributed by atoms with Gasteiger partial charge in [-0.3, -0.25) is 15.0 Å². The standard InChI is InChI=1S/C46H40N3OS.C14H15N2.Ir/c1-26(2)35-24-30(28-14-9-8-10-15-28)25-36(27(3)4)40(35)49-41-31-17-12-11-16-29(31)20-22-37(41)47-44(49)34-19-13-18-32-33-21-23-38-39(43(33)50-42(32)34)48-45(51-38)46(5,6)7;1-14(2,3)12-9-10-15-13(16-12)11-7-5-4-6-8-11;/h8-18,20-27H,1-7H3;4-7,9-10H,1-3H3;/q2*-1;. The van der Waals surface area contributed by atoms with Crippen LogP contribution in [0, 0.1) is 12.1 Å². The molecule has 0 N–H and O–H groups in total. The van der Waals surface area contributed by atoms with Gasteiger partial charge in [0.05, 0.1) is 38.0 Å². The Morgan fingerprint density at radius 1 is 0.618 bits per heavy atom. The first-order valence-electron chi connectivity index (χ1n) is 23.3. The Bertz CT molecular complexity index is 3580. The summed E-state index contributed by atoms with van der Waals surface area (Å²) >= 11 is 1.75. The first-order chi connectivity index (χ1) is 32.2. The SMILES string of the molecule is CC(C)(C)c1ccnc(-c2[c-]cccc2)n1.CC(C)c1cc(-c2ccccc2)cc(C(C)C)c1-n1c(-c2[c-]ccc3c2oc2c3ccc3sc(C(C)(C)C)nc32)nc2ccc3ccccc3c21.[Ir]. The maximum absolute atomic E-state index is 6.94. The predicted octanol–water partition coefficient (Wildman–Crippen LogP) is 16.6. The molecule has 11 aromatic rings. The van der Waals surface area contributed by atoms with E-state index in [2.05, 4.69) is 193 Å². The number of hydrogen-bond donors (Lipinski definition) is 0. The molecule has 0 fully saturated rings. The zero-order chi connectivity index (χ0) is 46.8. The summed E-state index contributed by atoms with van der Waals surface area (Å²) in [5, 5.41) is 5.56. The summed E-state index contributed by atoms with van der Waals surface area (Å²) in [4.78, 5) is 19.5. The average Bonchev–Trinajstić information content (AvgIpc) is 4.06. The number of nitrogens with zero attached hydrogens (tertiary/aromatic N) is 5. The van der Waals surface area contributed by atoms with Crippen LogP contribution in [0.3, 0.4) is 0 Å². The minimum absolute atomic E-state index is 0. The van der Waals surface area contributed by atoms with Crippen molar-refractivity contribution in [1.82, 2.24) is 24.5 Å².